The normalized spacial score (nSPS) is 10.3. The van der Waals surface area contributed by atoms with Crippen molar-refractivity contribution in [2.75, 3.05) is 39.1 Å². The molecule has 0 spiro atoms. The van der Waals surface area contributed by atoms with Crippen molar-refractivity contribution in [3.05, 3.63) is 24.3 Å². The minimum Gasteiger partial charge on any atom is -0.494 e. The molecule has 0 aliphatic rings. The highest BCUT2D eigenvalue weighted by Gasteiger charge is 2.01. The average molecular weight is 265 g/mol. The zero-order valence-corrected chi connectivity index (χ0v) is 11.9. The van der Waals surface area contributed by atoms with Crippen LogP contribution in [0.4, 0.5) is 10.5 Å². The Morgan fingerprint density at radius 1 is 1.26 bits per heavy atom. The summed E-state index contributed by atoms with van der Waals surface area (Å²) in [6.07, 6.45) is 0.934. The molecular formula is C14H23N3O2. The summed E-state index contributed by atoms with van der Waals surface area (Å²) in [4.78, 5) is 13.7. The fourth-order valence-corrected chi connectivity index (χ4v) is 1.57. The number of hydrogen-bond acceptors (Lipinski definition) is 3. The maximum absolute atomic E-state index is 11.6. The molecule has 0 bridgehead atoms. The Bertz CT molecular complexity index is 377. The third-order valence-corrected chi connectivity index (χ3v) is 2.49. The molecule has 0 aliphatic heterocycles. The summed E-state index contributed by atoms with van der Waals surface area (Å²) < 4.78 is 5.33. The number of urea groups is 1. The third-order valence-electron chi connectivity index (χ3n) is 2.49. The quantitative estimate of drug-likeness (QED) is 0.743. The molecule has 1 rings (SSSR count). The van der Waals surface area contributed by atoms with E-state index in [0.717, 1.165) is 24.4 Å². The predicted octanol–water partition coefficient (Wildman–Crippen LogP) is 2.16. The van der Waals surface area contributed by atoms with Crippen LogP contribution in [0.15, 0.2) is 24.3 Å². The molecule has 2 amide bonds. The molecule has 5 nitrogen and oxygen atoms in total. The highest BCUT2D eigenvalue weighted by Crippen LogP contribution is 2.15. The lowest BCUT2D eigenvalue weighted by Crippen LogP contribution is -2.31. The van der Waals surface area contributed by atoms with Gasteiger partial charge < -0.3 is 20.3 Å². The number of ether oxygens (including phenoxy) is 1. The molecule has 5 heteroatoms. The summed E-state index contributed by atoms with van der Waals surface area (Å²) in [5.74, 6) is 0.805. The summed E-state index contributed by atoms with van der Waals surface area (Å²) in [5.41, 5.74) is 0.758. The molecule has 0 fully saturated rings. The minimum atomic E-state index is -0.178. The van der Waals surface area contributed by atoms with Crippen LogP contribution in [0.25, 0.3) is 0 Å². The summed E-state index contributed by atoms with van der Waals surface area (Å²) >= 11 is 0. The molecule has 1 aromatic carbocycles. The van der Waals surface area contributed by atoms with Crippen LogP contribution in [0.5, 0.6) is 5.75 Å². The van der Waals surface area contributed by atoms with Crippen LogP contribution < -0.4 is 15.4 Å². The Morgan fingerprint density at radius 3 is 2.53 bits per heavy atom. The lowest BCUT2D eigenvalue weighted by atomic mass is 10.3. The highest BCUT2D eigenvalue weighted by molar-refractivity contribution is 5.89. The number of nitrogens with zero attached hydrogens (tertiary/aromatic N) is 1. The fraction of sp³-hybridized carbons (Fsp3) is 0.500. The van der Waals surface area contributed by atoms with Gasteiger partial charge in [-0.3, -0.25) is 0 Å². The van der Waals surface area contributed by atoms with Gasteiger partial charge in [-0.2, -0.15) is 0 Å². The third kappa shape index (κ3) is 6.67. The second kappa shape index (κ2) is 8.37. The predicted molar refractivity (Wildman–Crippen MR) is 77.8 cm³/mol. The number of nitrogens with one attached hydrogen (secondary N) is 2. The maximum Gasteiger partial charge on any atom is 0.319 e. The Morgan fingerprint density at radius 2 is 1.95 bits per heavy atom. The molecule has 0 radical (unpaired) electrons. The van der Waals surface area contributed by atoms with E-state index in [9.17, 15) is 4.79 Å². The maximum atomic E-state index is 11.6. The number of hydrogen-bond donors (Lipinski definition) is 2. The lowest BCUT2D eigenvalue weighted by Gasteiger charge is -2.11. The molecule has 1 aromatic rings. The number of anilines is 1. The number of carbonyl (C=O) groups excluding carboxylic acids is 1. The van der Waals surface area contributed by atoms with E-state index in [-0.39, 0.29) is 6.03 Å². The van der Waals surface area contributed by atoms with Crippen molar-refractivity contribution in [3.8, 4) is 5.75 Å². The van der Waals surface area contributed by atoms with Gasteiger partial charge in [-0.25, -0.2) is 4.79 Å². The fourth-order valence-electron chi connectivity index (χ4n) is 1.57. The molecule has 2 N–H and O–H groups in total. The van der Waals surface area contributed by atoms with Gasteiger partial charge >= 0.3 is 6.03 Å². The van der Waals surface area contributed by atoms with Crippen LogP contribution in [-0.4, -0.2) is 44.7 Å². The average Bonchev–Trinajstić information content (AvgIpc) is 2.37. The van der Waals surface area contributed by atoms with E-state index >= 15 is 0 Å². The van der Waals surface area contributed by atoms with Crippen LogP contribution in [0.2, 0.25) is 0 Å². The van der Waals surface area contributed by atoms with Crippen LogP contribution in [-0.2, 0) is 0 Å². The smallest absolute Gasteiger partial charge is 0.319 e. The van der Waals surface area contributed by atoms with Gasteiger partial charge in [0.05, 0.1) is 6.61 Å². The van der Waals surface area contributed by atoms with E-state index in [1.807, 2.05) is 45.3 Å². The molecule has 0 aromatic heterocycles. The van der Waals surface area contributed by atoms with E-state index < -0.39 is 0 Å². The summed E-state index contributed by atoms with van der Waals surface area (Å²) in [6, 6.07) is 7.15. The van der Waals surface area contributed by atoms with E-state index in [2.05, 4.69) is 15.5 Å². The van der Waals surface area contributed by atoms with Crippen LogP contribution in [0, 0.1) is 0 Å². The van der Waals surface area contributed by atoms with Crippen LogP contribution >= 0.6 is 0 Å². The van der Waals surface area contributed by atoms with Gasteiger partial charge in [0.1, 0.15) is 5.75 Å². The SMILES string of the molecule is CCOc1ccc(NC(=O)NCCCN(C)C)cc1. The van der Waals surface area contributed by atoms with Crippen molar-refractivity contribution in [1.82, 2.24) is 10.2 Å². The zero-order valence-electron chi connectivity index (χ0n) is 11.9. The molecule has 0 atom stereocenters. The Hall–Kier alpha value is -1.75. The van der Waals surface area contributed by atoms with Crippen LogP contribution in [0.1, 0.15) is 13.3 Å². The molecule has 0 heterocycles. The van der Waals surface area contributed by atoms with Crippen molar-refractivity contribution in [1.29, 1.82) is 0 Å². The van der Waals surface area contributed by atoms with Gasteiger partial charge in [-0.1, -0.05) is 0 Å². The molecule has 0 saturated carbocycles. The van der Waals surface area contributed by atoms with Crippen molar-refractivity contribution in [3.63, 3.8) is 0 Å². The first-order valence-electron chi connectivity index (χ1n) is 6.54. The molecule has 0 unspecified atom stereocenters. The number of benzene rings is 1. The Balaban J connectivity index is 2.27. The van der Waals surface area contributed by atoms with E-state index in [0.29, 0.717) is 13.2 Å². The summed E-state index contributed by atoms with van der Waals surface area (Å²) in [5, 5.41) is 5.60. The number of amides is 2. The van der Waals surface area contributed by atoms with Gasteiger partial charge in [0.2, 0.25) is 0 Å². The van der Waals surface area contributed by atoms with Gasteiger partial charge in [-0.15, -0.1) is 0 Å². The largest absolute Gasteiger partial charge is 0.494 e. The van der Waals surface area contributed by atoms with Gasteiger partial charge in [-0.05, 0) is 58.3 Å². The minimum absolute atomic E-state index is 0.178. The topological polar surface area (TPSA) is 53.6 Å². The van der Waals surface area contributed by atoms with Gasteiger partial charge in [0.25, 0.3) is 0 Å². The summed E-state index contributed by atoms with van der Waals surface area (Å²) in [6.45, 7) is 4.21. The molecule has 0 saturated heterocycles. The Labute approximate surface area is 114 Å². The van der Waals surface area contributed by atoms with Crippen molar-refractivity contribution < 1.29 is 9.53 Å². The summed E-state index contributed by atoms with van der Waals surface area (Å²) in [7, 11) is 4.03. The molecule has 19 heavy (non-hydrogen) atoms. The van der Waals surface area contributed by atoms with E-state index in [1.54, 1.807) is 0 Å². The van der Waals surface area contributed by atoms with E-state index in [1.165, 1.54) is 0 Å². The second-order valence-electron chi connectivity index (χ2n) is 4.50. The first-order chi connectivity index (χ1) is 9.11. The second-order valence-corrected chi connectivity index (χ2v) is 4.50. The molecule has 0 aliphatic carbocycles. The number of rotatable bonds is 7. The van der Waals surface area contributed by atoms with Gasteiger partial charge in [0.15, 0.2) is 0 Å². The zero-order chi connectivity index (χ0) is 14.1. The monoisotopic (exact) mass is 265 g/mol. The van der Waals surface area contributed by atoms with Crippen LogP contribution in [0.3, 0.4) is 0 Å². The van der Waals surface area contributed by atoms with Gasteiger partial charge in [0, 0.05) is 12.2 Å². The Kier molecular flexibility index (Phi) is 6.74. The molecular weight excluding hydrogens is 242 g/mol. The first-order valence-corrected chi connectivity index (χ1v) is 6.54. The lowest BCUT2D eigenvalue weighted by molar-refractivity contribution is 0.251. The first kappa shape index (κ1) is 15.3. The number of carbonyl (C=O) groups is 1. The standard InChI is InChI=1S/C14H23N3O2/c1-4-19-13-8-6-12(7-9-13)16-14(18)15-10-5-11-17(2)3/h6-9H,4-5,10-11H2,1-3H3,(H2,15,16,18). The van der Waals surface area contributed by atoms with Crippen molar-refractivity contribution in [2.45, 2.75) is 13.3 Å². The molecule has 106 valence electrons. The van der Waals surface area contributed by atoms with Crippen molar-refractivity contribution >= 4 is 11.7 Å². The van der Waals surface area contributed by atoms with E-state index in [4.69, 9.17) is 4.74 Å². The van der Waals surface area contributed by atoms with Crippen molar-refractivity contribution in [2.24, 2.45) is 0 Å². The highest BCUT2D eigenvalue weighted by atomic mass is 16.5.